The van der Waals surface area contributed by atoms with Crippen LogP contribution in [0.3, 0.4) is 0 Å². The summed E-state index contributed by atoms with van der Waals surface area (Å²) in [5.41, 5.74) is 2.88. The van der Waals surface area contributed by atoms with E-state index >= 15 is 0 Å². The smallest absolute Gasteiger partial charge is 0.414 e. The van der Waals surface area contributed by atoms with Gasteiger partial charge in [-0.05, 0) is 44.4 Å². The zero-order valence-corrected chi connectivity index (χ0v) is 18.2. The van der Waals surface area contributed by atoms with E-state index in [1.165, 1.54) is 29.5 Å². The summed E-state index contributed by atoms with van der Waals surface area (Å²) >= 11 is 6.00. The van der Waals surface area contributed by atoms with Gasteiger partial charge in [-0.2, -0.15) is 4.31 Å². The van der Waals surface area contributed by atoms with E-state index in [1.807, 2.05) is 25.1 Å². The Hall–Kier alpha value is -2.09. The number of carbonyl (C=O) groups is 1. The Bertz CT molecular complexity index is 976. The highest BCUT2D eigenvalue weighted by atomic mass is 35.5. The van der Waals surface area contributed by atoms with Crippen LogP contribution < -0.4 is 4.90 Å². The molecule has 8 heteroatoms. The van der Waals surface area contributed by atoms with Crippen molar-refractivity contribution in [3.63, 3.8) is 0 Å². The van der Waals surface area contributed by atoms with Crippen molar-refractivity contribution in [3.05, 3.63) is 64.1 Å². The number of carbonyl (C=O) groups excluding carboxylic acids is 1. The monoisotopic (exact) mass is 436 g/mol. The summed E-state index contributed by atoms with van der Waals surface area (Å²) in [7, 11) is -3.61. The van der Waals surface area contributed by atoms with Crippen LogP contribution >= 0.6 is 11.6 Å². The molecule has 29 heavy (non-hydrogen) atoms. The summed E-state index contributed by atoms with van der Waals surface area (Å²) in [6.45, 7) is 7.97. The van der Waals surface area contributed by atoms with Crippen LogP contribution in [-0.4, -0.2) is 37.9 Å². The first kappa shape index (κ1) is 21.6. The largest absolute Gasteiger partial charge is 0.444 e. The van der Waals surface area contributed by atoms with Gasteiger partial charge in [-0.15, -0.1) is 0 Å². The lowest BCUT2D eigenvalue weighted by Crippen LogP contribution is -2.50. The number of nitrogens with zero attached hydrogens (tertiary/aromatic N) is 2. The van der Waals surface area contributed by atoms with E-state index in [0.29, 0.717) is 31.0 Å². The lowest BCUT2D eigenvalue weighted by atomic mass is 10.00. The Morgan fingerprint density at radius 1 is 1.31 bits per heavy atom. The number of amides is 1. The van der Waals surface area contributed by atoms with Gasteiger partial charge in [0.05, 0.1) is 10.6 Å². The molecular formula is C21H25ClN2O4S. The molecule has 2 aliphatic rings. The van der Waals surface area contributed by atoms with Crippen molar-refractivity contribution in [1.29, 1.82) is 0 Å². The van der Waals surface area contributed by atoms with Gasteiger partial charge in [0.15, 0.2) is 0 Å². The predicted molar refractivity (Wildman–Crippen MR) is 115 cm³/mol. The van der Waals surface area contributed by atoms with Crippen LogP contribution in [0.5, 0.6) is 0 Å². The topological polar surface area (TPSA) is 66.9 Å². The first-order valence-corrected chi connectivity index (χ1v) is 11.3. The summed E-state index contributed by atoms with van der Waals surface area (Å²) in [5.74, 6) is 0. The van der Waals surface area contributed by atoms with E-state index in [9.17, 15) is 13.2 Å². The highest BCUT2D eigenvalue weighted by Crippen LogP contribution is 2.35. The van der Waals surface area contributed by atoms with Crippen molar-refractivity contribution < 1.29 is 17.9 Å². The number of anilines is 1. The SMILES string of the molecule is C=C/C=C(Cl)\C=C(/C)S(=O)(=O)N1CCC(N2C(=O)OCc3cccc(C)c32)CC1. The highest BCUT2D eigenvalue weighted by Gasteiger charge is 2.37. The molecule has 3 rings (SSSR count). The third-order valence-electron chi connectivity index (χ3n) is 5.26. The van der Waals surface area contributed by atoms with Crippen LogP contribution in [0.25, 0.3) is 0 Å². The van der Waals surface area contributed by atoms with E-state index in [0.717, 1.165) is 16.8 Å². The van der Waals surface area contributed by atoms with Crippen LogP contribution in [0, 0.1) is 6.92 Å². The summed E-state index contributed by atoms with van der Waals surface area (Å²) < 4.78 is 32.5. The Balaban J connectivity index is 1.77. The average molecular weight is 437 g/mol. The van der Waals surface area contributed by atoms with Gasteiger partial charge in [-0.3, -0.25) is 4.90 Å². The number of benzene rings is 1. The standard InChI is InChI=1S/C21H25ClN2O4S/c1-4-6-18(22)13-16(3)29(26,27)23-11-9-19(10-12-23)24-20-15(2)7-5-8-17(20)14-28-21(24)25/h4-8,13,19H,1,9-12,14H2,2-3H3/b16-13+,18-6+. The van der Waals surface area contributed by atoms with Crippen LogP contribution in [0.4, 0.5) is 10.5 Å². The minimum Gasteiger partial charge on any atom is -0.444 e. The third kappa shape index (κ3) is 4.42. The highest BCUT2D eigenvalue weighted by molar-refractivity contribution is 7.93. The Kier molecular flexibility index (Phi) is 6.51. The normalized spacial score (nSPS) is 19.7. The molecule has 0 spiro atoms. The molecule has 1 saturated heterocycles. The number of sulfonamides is 1. The second-order valence-corrected chi connectivity index (χ2v) is 9.73. The molecule has 0 bridgehead atoms. The Morgan fingerprint density at radius 3 is 2.66 bits per heavy atom. The summed E-state index contributed by atoms with van der Waals surface area (Å²) in [6, 6.07) is 5.76. The number of halogens is 1. The van der Waals surface area contributed by atoms with Crippen LogP contribution in [0.15, 0.2) is 52.9 Å². The molecule has 1 fully saturated rings. The number of hydrogen-bond acceptors (Lipinski definition) is 4. The van der Waals surface area contributed by atoms with Crippen LogP contribution in [0.2, 0.25) is 0 Å². The second kappa shape index (κ2) is 8.73. The lowest BCUT2D eigenvalue weighted by Gasteiger charge is -2.40. The number of para-hydroxylation sites is 1. The summed E-state index contributed by atoms with van der Waals surface area (Å²) in [6.07, 6.45) is 5.16. The van der Waals surface area contributed by atoms with E-state index in [-0.39, 0.29) is 23.6 Å². The number of cyclic esters (lactones) is 1. The maximum atomic E-state index is 12.9. The number of ether oxygens (including phenoxy) is 1. The average Bonchev–Trinajstić information content (AvgIpc) is 2.68. The maximum absolute atomic E-state index is 12.9. The number of hydrogen-bond donors (Lipinski definition) is 0. The quantitative estimate of drug-likeness (QED) is 0.639. The van der Waals surface area contributed by atoms with Crippen molar-refractivity contribution in [2.24, 2.45) is 0 Å². The van der Waals surface area contributed by atoms with Crippen molar-refractivity contribution in [2.75, 3.05) is 18.0 Å². The molecule has 0 atom stereocenters. The molecule has 1 amide bonds. The molecule has 0 N–H and O–H groups in total. The van der Waals surface area contributed by atoms with Crippen LogP contribution in [-0.2, 0) is 21.4 Å². The molecule has 1 aromatic carbocycles. The molecule has 0 radical (unpaired) electrons. The molecule has 0 aliphatic carbocycles. The van der Waals surface area contributed by atoms with Gasteiger partial charge in [-0.1, -0.05) is 42.5 Å². The van der Waals surface area contributed by atoms with E-state index in [2.05, 4.69) is 6.58 Å². The van der Waals surface area contributed by atoms with Crippen molar-refractivity contribution in [3.8, 4) is 0 Å². The van der Waals surface area contributed by atoms with Gasteiger partial charge in [0.1, 0.15) is 6.61 Å². The number of rotatable bonds is 5. The third-order valence-corrected chi connectivity index (χ3v) is 7.48. The predicted octanol–water partition coefficient (Wildman–Crippen LogP) is 4.46. The van der Waals surface area contributed by atoms with Gasteiger partial charge < -0.3 is 4.74 Å². The van der Waals surface area contributed by atoms with Gasteiger partial charge >= 0.3 is 6.09 Å². The molecule has 0 saturated carbocycles. The summed E-state index contributed by atoms with van der Waals surface area (Å²) in [5, 5.41) is 0.305. The second-order valence-electron chi connectivity index (χ2n) is 7.18. The first-order valence-electron chi connectivity index (χ1n) is 9.47. The van der Waals surface area contributed by atoms with E-state index in [4.69, 9.17) is 16.3 Å². The van der Waals surface area contributed by atoms with E-state index < -0.39 is 10.0 Å². The lowest BCUT2D eigenvalue weighted by molar-refractivity contribution is 0.135. The van der Waals surface area contributed by atoms with E-state index in [1.54, 1.807) is 4.90 Å². The zero-order chi connectivity index (χ0) is 21.2. The molecule has 2 aliphatic heterocycles. The molecule has 1 aromatic rings. The Morgan fingerprint density at radius 2 is 2.00 bits per heavy atom. The fourth-order valence-corrected chi connectivity index (χ4v) is 5.48. The fourth-order valence-electron chi connectivity index (χ4n) is 3.79. The minimum absolute atomic E-state index is 0.109. The molecule has 0 unspecified atom stereocenters. The molecule has 2 heterocycles. The minimum atomic E-state index is -3.61. The number of allylic oxidation sites excluding steroid dienone is 5. The van der Waals surface area contributed by atoms with Gasteiger partial charge in [0.2, 0.25) is 10.0 Å². The van der Waals surface area contributed by atoms with Gasteiger partial charge in [-0.25, -0.2) is 13.2 Å². The molecule has 6 nitrogen and oxygen atoms in total. The Labute approximate surface area is 177 Å². The fraction of sp³-hybridized carbons (Fsp3) is 0.381. The molecular weight excluding hydrogens is 412 g/mol. The molecule has 156 valence electrons. The van der Waals surface area contributed by atoms with Crippen LogP contribution in [0.1, 0.15) is 30.9 Å². The molecule has 0 aromatic heterocycles. The zero-order valence-electron chi connectivity index (χ0n) is 16.6. The number of fused-ring (bicyclic) bond motifs is 1. The van der Waals surface area contributed by atoms with Crippen molar-refractivity contribution in [1.82, 2.24) is 4.31 Å². The maximum Gasteiger partial charge on any atom is 0.414 e. The van der Waals surface area contributed by atoms with Gasteiger partial charge in [0.25, 0.3) is 0 Å². The van der Waals surface area contributed by atoms with Crippen molar-refractivity contribution in [2.45, 2.75) is 39.3 Å². The number of aryl methyl sites for hydroxylation is 1. The van der Waals surface area contributed by atoms with Crippen molar-refractivity contribution >= 4 is 33.4 Å². The number of piperidine rings is 1. The first-order chi connectivity index (χ1) is 13.8. The summed E-state index contributed by atoms with van der Waals surface area (Å²) in [4.78, 5) is 14.4. The van der Waals surface area contributed by atoms with Gasteiger partial charge in [0, 0.05) is 29.7 Å².